The van der Waals surface area contributed by atoms with E-state index in [0.717, 1.165) is 24.1 Å². The van der Waals surface area contributed by atoms with Crippen molar-refractivity contribution in [2.45, 2.75) is 6.42 Å². The zero-order chi connectivity index (χ0) is 10.7. The first kappa shape index (κ1) is 10.9. The standard InChI is InChI=1S/C11H16BrN3/c1-14-3-2-4-15(6-5-14)11-7-10(12)8-13-9-11/h7-9H,2-6H2,1H3. The first-order chi connectivity index (χ1) is 7.25. The maximum absolute atomic E-state index is 4.21. The second kappa shape index (κ2) is 4.94. The fraction of sp³-hybridized carbons (Fsp3) is 0.545. The van der Waals surface area contributed by atoms with Crippen molar-refractivity contribution in [3.05, 3.63) is 22.9 Å². The summed E-state index contributed by atoms with van der Waals surface area (Å²) in [7, 11) is 2.18. The lowest BCUT2D eigenvalue weighted by Gasteiger charge is -2.22. The number of likely N-dealkylation sites (N-methyl/N-ethyl adjacent to an activating group) is 1. The second-order valence-electron chi connectivity index (χ2n) is 4.01. The molecule has 0 aliphatic carbocycles. The number of anilines is 1. The molecule has 82 valence electrons. The number of hydrogen-bond acceptors (Lipinski definition) is 3. The third-order valence-electron chi connectivity index (χ3n) is 2.78. The van der Waals surface area contributed by atoms with Crippen LogP contribution in [0.2, 0.25) is 0 Å². The highest BCUT2D eigenvalue weighted by Gasteiger charge is 2.12. The number of aromatic nitrogens is 1. The lowest BCUT2D eigenvalue weighted by Crippen LogP contribution is -2.28. The van der Waals surface area contributed by atoms with E-state index in [1.54, 1.807) is 0 Å². The van der Waals surface area contributed by atoms with E-state index in [1.165, 1.54) is 18.7 Å². The Labute approximate surface area is 99.2 Å². The molecule has 1 aliphatic heterocycles. The molecule has 0 bridgehead atoms. The Morgan fingerprint density at radius 1 is 1.20 bits per heavy atom. The van der Waals surface area contributed by atoms with Crippen LogP contribution in [0.5, 0.6) is 0 Å². The summed E-state index contributed by atoms with van der Waals surface area (Å²) in [4.78, 5) is 8.99. The van der Waals surface area contributed by atoms with Crippen molar-refractivity contribution >= 4 is 21.6 Å². The molecule has 0 aromatic carbocycles. The molecule has 1 saturated heterocycles. The Balaban J connectivity index is 2.09. The second-order valence-corrected chi connectivity index (χ2v) is 4.92. The van der Waals surface area contributed by atoms with Crippen LogP contribution < -0.4 is 4.90 Å². The summed E-state index contributed by atoms with van der Waals surface area (Å²) >= 11 is 3.46. The van der Waals surface area contributed by atoms with E-state index in [9.17, 15) is 0 Å². The van der Waals surface area contributed by atoms with Crippen molar-refractivity contribution in [1.29, 1.82) is 0 Å². The first-order valence-corrected chi connectivity index (χ1v) is 6.09. The molecule has 2 heterocycles. The molecule has 2 rings (SSSR count). The van der Waals surface area contributed by atoms with Crippen LogP contribution in [0.15, 0.2) is 22.9 Å². The molecular weight excluding hydrogens is 254 g/mol. The molecule has 0 spiro atoms. The molecule has 1 aromatic rings. The average Bonchev–Trinajstić information content (AvgIpc) is 2.43. The lowest BCUT2D eigenvalue weighted by molar-refractivity contribution is 0.360. The van der Waals surface area contributed by atoms with E-state index in [4.69, 9.17) is 0 Å². The van der Waals surface area contributed by atoms with Gasteiger partial charge in [-0.3, -0.25) is 4.98 Å². The molecule has 0 amide bonds. The smallest absolute Gasteiger partial charge is 0.0564 e. The van der Waals surface area contributed by atoms with Crippen molar-refractivity contribution in [3.8, 4) is 0 Å². The van der Waals surface area contributed by atoms with Gasteiger partial charge in [0.15, 0.2) is 0 Å². The van der Waals surface area contributed by atoms with Gasteiger partial charge in [-0.25, -0.2) is 0 Å². The molecule has 1 aliphatic rings. The molecule has 4 heteroatoms. The van der Waals surface area contributed by atoms with Crippen molar-refractivity contribution in [1.82, 2.24) is 9.88 Å². The van der Waals surface area contributed by atoms with E-state index in [0.29, 0.717) is 0 Å². The summed E-state index contributed by atoms with van der Waals surface area (Å²) in [6.45, 7) is 4.54. The maximum atomic E-state index is 4.21. The summed E-state index contributed by atoms with van der Waals surface area (Å²) in [6.07, 6.45) is 4.99. The van der Waals surface area contributed by atoms with Crippen LogP contribution in [0.1, 0.15) is 6.42 Å². The number of halogens is 1. The van der Waals surface area contributed by atoms with E-state index < -0.39 is 0 Å². The minimum absolute atomic E-state index is 1.05. The molecular formula is C11H16BrN3. The van der Waals surface area contributed by atoms with Crippen LogP contribution in [0.25, 0.3) is 0 Å². The monoisotopic (exact) mass is 269 g/mol. The number of nitrogens with zero attached hydrogens (tertiary/aromatic N) is 3. The third kappa shape index (κ3) is 2.92. The van der Waals surface area contributed by atoms with Gasteiger partial charge in [0.2, 0.25) is 0 Å². The first-order valence-electron chi connectivity index (χ1n) is 5.30. The van der Waals surface area contributed by atoms with Crippen molar-refractivity contribution in [3.63, 3.8) is 0 Å². The predicted molar refractivity (Wildman–Crippen MR) is 66.3 cm³/mol. The molecule has 1 aromatic heterocycles. The summed E-state index contributed by atoms with van der Waals surface area (Å²) < 4.78 is 1.05. The quantitative estimate of drug-likeness (QED) is 0.778. The Bertz CT molecular complexity index is 329. The van der Waals surface area contributed by atoms with Gasteiger partial charge in [-0.15, -0.1) is 0 Å². The molecule has 0 radical (unpaired) electrons. The van der Waals surface area contributed by atoms with Gasteiger partial charge in [-0.05, 0) is 42.0 Å². The zero-order valence-electron chi connectivity index (χ0n) is 8.99. The van der Waals surface area contributed by atoms with Crippen LogP contribution in [0.3, 0.4) is 0 Å². The van der Waals surface area contributed by atoms with E-state index in [-0.39, 0.29) is 0 Å². The number of rotatable bonds is 1. The fourth-order valence-corrected chi connectivity index (χ4v) is 2.23. The minimum Gasteiger partial charge on any atom is -0.369 e. The van der Waals surface area contributed by atoms with E-state index in [1.807, 2.05) is 12.4 Å². The Hall–Kier alpha value is -0.610. The van der Waals surface area contributed by atoms with Crippen LogP contribution in [-0.4, -0.2) is 43.1 Å². The van der Waals surface area contributed by atoms with Gasteiger partial charge in [0, 0.05) is 30.3 Å². The minimum atomic E-state index is 1.05. The molecule has 15 heavy (non-hydrogen) atoms. The summed E-state index contributed by atoms with van der Waals surface area (Å²) in [5, 5.41) is 0. The number of hydrogen-bond donors (Lipinski definition) is 0. The van der Waals surface area contributed by atoms with Gasteiger partial charge in [-0.1, -0.05) is 0 Å². The van der Waals surface area contributed by atoms with E-state index >= 15 is 0 Å². The lowest BCUT2D eigenvalue weighted by atomic mass is 10.3. The Kier molecular flexibility index (Phi) is 3.59. The molecule has 0 saturated carbocycles. The summed E-state index contributed by atoms with van der Waals surface area (Å²) in [5.74, 6) is 0. The van der Waals surface area contributed by atoms with Gasteiger partial charge < -0.3 is 9.80 Å². The van der Waals surface area contributed by atoms with Crippen molar-refractivity contribution < 1.29 is 0 Å². The van der Waals surface area contributed by atoms with Gasteiger partial charge >= 0.3 is 0 Å². The SMILES string of the molecule is CN1CCCN(c2cncc(Br)c2)CC1. The van der Waals surface area contributed by atoms with Crippen LogP contribution in [0, 0.1) is 0 Å². The number of pyridine rings is 1. The Morgan fingerprint density at radius 2 is 2.07 bits per heavy atom. The van der Waals surface area contributed by atoms with Crippen molar-refractivity contribution in [2.75, 3.05) is 38.1 Å². The molecule has 0 atom stereocenters. The van der Waals surface area contributed by atoms with Crippen molar-refractivity contribution in [2.24, 2.45) is 0 Å². The predicted octanol–water partition coefficient (Wildman–Crippen LogP) is 1.99. The molecule has 0 N–H and O–H groups in total. The highest BCUT2D eigenvalue weighted by molar-refractivity contribution is 9.10. The highest BCUT2D eigenvalue weighted by Crippen LogP contribution is 2.19. The van der Waals surface area contributed by atoms with Gasteiger partial charge in [0.05, 0.1) is 11.9 Å². The highest BCUT2D eigenvalue weighted by atomic mass is 79.9. The van der Waals surface area contributed by atoms with Gasteiger partial charge in [-0.2, -0.15) is 0 Å². The van der Waals surface area contributed by atoms with Crippen LogP contribution in [0.4, 0.5) is 5.69 Å². The maximum Gasteiger partial charge on any atom is 0.0564 e. The third-order valence-corrected chi connectivity index (χ3v) is 3.21. The largest absolute Gasteiger partial charge is 0.369 e. The normalized spacial score (nSPS) is 18.9. The van der Waals surface area contributed by atoms with E-state index in [2.05, 4.69) is 43.8 Å². The van der Waals surface area contributed by atoms with Gasteiger partial charge in [0.25, 0.3) is 0 Å². The summed E-state index contributed by atoms with van der Waals surface area (Å²) in [5.41, 5.74) is 1.22. The van der Waals surface area contributed by atoms with Gasteiger partial charge in [0.1, 0.15) is 0 Å². The van der Waals surface area contributed by atoms with Crippen LogP contribution in [-0.2, 0) is 0 Å². The summed E-state index contributed by atoms with van der Waals surface area (Å²) in [6, 6.07) is 2.14. The fourth-order valence-electron chi connectivity index (χ4n) is 1.88. The zero-order valence-corrected chi connectivity index (χ0v) is 10.6. The van der Waals surface area contributed by atoms with Crippen LogP contribution >= 0.6 is 15.9 Å². The molecule has 1 fully saturated rings. The average molecular weight is 270 g/mol. The molecule has 0 unspecified atom stereocenters. The Morgan fingerprint density at radius 3 is 2.87 bits per heavy atom. The molecule has 3 nitrogen and oxygen atoms in total. The topological polar surface area (TPSA) is 19.4 Å².